The molecule has 32 heavy (non-hydrogen) atoms. The van der Waals surface area contributed by atoms with Gasteiger partial charge in [0.15, 0.2) is 0 Å². The smallest absolute Gasteiger partial charge is 0.0739 e. The van der Waals surface area contributed by atoms with Gasteiger partial charge in [0.05, 0.1) is 16.2 Å². The lowest BCUT2D eigenvalue weighted by atomic mass is 10.1. The molecule has 0 saturated carbocycles. The van der Waals surface area contributed by atoms with Gasteiger partial charge in [-0.25, -0.2) is 10.8 Å². The lowest BCUT2D eigenvalue weighted by molar-refractivity contribution is 0.209. The molecule has 3 rings (SSSR count). The molecule has 6 heteroatoms. The number of aromatic nitrogens is 1. The first-order chi connectivity index (χ1) is 15.3. The fourth-order valence-electron chi connectivity index (χ4n) is 3.97. The van der Waals surface area contributed by atoms with Gasteiger partial charge in [0.1, 0.15) is 0 Å². The van der Waals surface area contributed by atoms with Crippen molar-refractivity contribution in [2.24, 2.45) is 5.84 Å². The highest BCUT2D eigenvalue weighted by Crippen LogP contribution is 2.30. The Balaban J connectivity index is 1.80. The Bertz CT molecular complexity index is 1030. The van der Waals surface area contributed by atoms with Crippen LogP contribution < -0.4 is 5.84 Å². The fraction of sp³-hybridized carbons (Fsp3) is 0.346. The van der Waals surface area contributed by atoms with Crippen LogP contribution in [0.3, 0.4) is 0 Å². The molecular formula is C26H34ClN5. The van der Waals surface area contributed by atoms with Crippen LogP contribution in [0.2, 0.25) is 5.02 Å². The van der Waals surface area contributed by atoms with Crippen molar-refractivity contribution in [2.45, 2.75) is 26.2 Å². The Labute approximate surface area is 197 Å². The Kier molecular flexibility index (Phi) is 7.99. The molecule has 2 heterocycles. The summed E-state index contributed by atoms with van der Waals surface area (Å²) >= 11 is 6.57. The average molecular weight is 452 g/mol. The maximum atomic E-state index is 6.57. The van der Waals surface area contributed by atoms with Gasteiger partial charge in [-0.05, 0) is 30.5 Å². The first-order valence-corrected chi connectivity index (χ1v) is 11.5. The summed E-state index contributed by atoms with van der Waals surface area (Å²) in [5.41, 5.74) is 5.68. The second-order valence-corrected chi connectivity index (χ2v) is 8.67. The largest absolute Gasteiger partial charge is 0.372 e. The van der Waals surface area contributed by atoms with E-state index in [1.807, 2.05) is 12.1 Å². The van der Waals surface area contributed by atoms with Crippen LogP contribution in [0, 0.1) is 0 Å². The molecule has 0 amide bonds. The summed E-state index contributed by atoms with van der Waals surface area (Å²) in [6.07, 6.45) is 6.98. The molecule has 1 aromatic carbocycles. The zero-order valence-corrected chi connectivity index (χ0v) is 20.0. The fourth-order valence-corrected chi connectivity index (χ4v) is 4.23. The first kappa shape index (κ1) is 23.9. The third-order valence-corrected chi connectivity index (χ3v) is 6.19. The van der Waals surface area contributed by atoms with Crippen molar-refractivity contribution in [3.05, 3.63) is 78.3 Å². The molecule has 0 atom stereocenters. The molecule has 0 unspecified atom stereocenters. The average Bonchev–Trinajstić information content (AvgIpc) is 2.80. The van der Waals surface area contributed by atoms with E-state index in [1.54, 1.807) is 19.3 Å². The number of hydrogen-bond acceptors (Lipinski definition) is 5. The van der Waals surface area contributed by atoms with Crippen LogP contribution in [-0.4, -0.2) is 53.0 Å². The van der Waals surface area contributed by atoms with E-state index < -0.39 is 0 Å². The lowest BCUT2D eigenvalue weighted by Gasteiger charge is -2.39. The van der Waals surface area contributed by atoms with Gasteiger partial charge < -0.3 is 14.8 Å². The minimum absolute atomic E-state index is 0.647. The van der Waals surface area contributed by atoms with E-state index >= 15 is 0 Å². The van der Waals surface area contributed by atoms with Crippen LogP contribution in [0.4, 0.5) is 0 Å². The van der Waals surface area contributed by atoms with Crippen LogP contribution >= 0.6 is 11.6 Å². The van der Waals surface area contributed by atoms with Crippen LogP contribution in [0.15, 0.2) is 62.0 Å². The molecule has 1 saturated heterocycles. The zero-order valence-electron chi connectivity index (χ0n) is 19.3. The summed E-state index contributed by atoms with van der Waals surface area (Å²) in [5, 5.41) is 3.04. The Morgan fingerprint density at radius 2 is 1.88 bits per heavy atom. The minimum Gasteiger partial charge on any atom is -0.372 e. The second kappa shape index (κ2) is 10.7. The highest BCUT2D eigenvalue weighted by molar-refractivity contribution is 6.35. The van der Waals surface area contributed by atoms with Crippen molar-refractivity contribution in [2.75, 3.05) is 33.2 Å². The van der Waals surface area contributed by atoms with Crippen LogP contribution in [0.1, 0.15) is 37.4 Å². The Morgan fingerprint density at radius 1 is 1.19 bits per heavy atom. The number of rotatable bonds is 9. The molecule has 1 aromatic heterocycles. The van der Waals surface area contributed by atoms with E-state index in [4.69, 9.17) is 22.4 Å². The van der Waals surface area contributed by atoms with Gasteiger partial charge in [-0.1, -0.05) is 62.9 Å². The van der Waals surface area contributed by atoms with Crippen molar-refractivity contribution in [1.82, 2.24) is 19.8 Å². The number of nitrogens with zero attached hydrogens (tertiary/aromatic N) is 4. The molecule has 170 valence electrons. The number of hydrogen-bond donors (Lipinski definition) is 1. The summed E-state index contributed by atoms with van der Waals surface area (Å²) in [4.78, 5) is 9.58. The van der Waals surface area contributed by atoms with Gasteiger partial charge in [-0.15, -0.1) is 0 Å². The number of fused-ring (bicyclic) bond motifs is 1. The summed E-state index contributed by atoms with van der Waals surface area (Å²) in [7, 11) is 1.76. The van der Waals surface area contributed by atoms with Gasteiger partial charge >= 0.3 is 0 Å². The molecule has 0 radical (unpaired) electrons. The van der Waals surface area contributed by atoms with Crippen LogP contribution in [0.25, 0.3) is 22.2 Å². The van der Waals surface area contributed by atoms with E-state index in [9.17, 15) is 0 Å². The van der Waals surface area contributed by atoms with E-state index in [2.05, 4.69) is 48.6 Å². The van der Waals surface area contributed by atoms with E-state index in [0.717, 1.165) is 66.0 Å². The summed E-state index contributed by atoms with van der Waals surface area (Å²) in [5.74, 6) is 5.78. The van der Waals surface area contributed by atoms with E-state index in [0.29, 0.717) is 5.02 Å². The lowest BCUT2D eigenvalue weighted by Crippen LogP contribution is -2.44. The van der Waals surface area contributed by atoms with Crippen LogP contribution in [-0.2, 0) is 0 Å². The molecule has 0 aliphatic carbocycles. The number of pyridine rings is 1. The SMILES string of the molecule is C=C/C(=C\N(C)N)c1cc(Cl)c2ccc(C(=C)N3CCN(C(=C)CCCC)CC3)cc2n1. The number of allylic oxidation sites excluding steroid dienone is 3. The Morgan fingerprint density at radius 3 is 2.50 bits per heavy atom. The highest BCUT2D eigenvalue weighted by Gasteiger charge is 2.20. The second-order valence-electron chi connectivity index (χ2n) is 8.27. The van der Waals surface area contributed by atoms with Crippen molar-refractivity contribution in [1.29, 1.82) is 0 Å². The van der Waals surface area contributed by atoms with Gasteiger partial charge in [0.25, 0.3) is 0 Å². The first-order valence-electron chi connectivity index (χ1n) is 11.1. The van der Waals surface area contributed by atoms with Crippen molar-refractivity contribution < 1.29 is 0 Å². The predicted octanol–water partition coefficient (Wildman–Crippen LogP) is 5.51. The third-order valence-electron chi connectivity index (χ3n) is 5.88. The van der Waals surface area contributed by atoms with E-state index in [1.165, 1.54) is 23.5 Å². The van der Waals surface area contributed by atoms with Gasteiger partial charge in [-0.2, -0.15) is 0 Å². The summed E-state index contributed by atoms with van der Waals surface area (Å²) in [6.45, 7) is 18.6. The van der Waals surface area contributed by atoms with Crippen LogP contribution in [0.5, 0.6) is 0 Å². The van der Waals surface area contributed by atoms with E-state index in [-0.39, 0.29) is 0 Å². The molecule has 2 N–H and O–H groups in total. The highest BCUT2D eigenvalue weighted by atomic mass is 35.5. The molecule has 1 fully saturated rings. The molecule has 0 spiro atoms. The van der Waals surface area contributed by atoms with Gasteiger partial charge in [0, 0.05) is 61.8 Å². The topological polar surface area (TPSA) is 48.6 Å². The van der Waals surface area contributed by atoms with Gasteiger partial charge in [-0.3, -0.25) is 0 Å². The normalized spacial score (nSPS) is 14.6. The van der Waals surface area contributed by atoms with Crippen molar-refractivity contribution in [3.63, 3.8) is 0 Å². The molecule has 1 aliphatic rings. The number of benzene rings is 1. The maximum absolute atomic E-state index is 6.57. The summed E-state index contributed by atoms with van der Waals surface area (Å²) in [6, 6.07) is 8.00. The van der Waals surface area contributed by atoms with Crippen molar-refractivity contribution >= 4 is 33.8 Å². The molecular weight excluding hydrogens is 418 g/mol. The maximum Gasteiger partial charge on any atom is 0.0739 e. The number of nitrogens with two attached hydrogens (primary N) is 1. The molecule has 1 aliphatic heterocycles. The molecule has 2 aromatic rings. The predicted molar refractivity (Wildman–Crippen MR) is 138 cm³/mol. The van der Waals surface area contributed by atoms with Gasteiger partial charge in [0.2, 0.25) is 0 Å². The number of unbranched alkanes of at least 4 members (excludes halogenated alkanes) is 1. The molecule has 5 nitrogen and oxygen atoms in total. The number of piperazine rings is 1. The molecule has 0 bridgehead atoms. The standard InChI is InChI=1S/C26H34ClN5/c1-6-8-9-19(3)31-12-14-32(15-13-31)20(4)22-10-11-23-24(27)17-25(29-26(23)16-22)21(7-2)18-30(5)28/h7,10-11,16-18H,2-4,6,8-9,12-15,28H2,1,5H3/b21-18+. The summed E-state index contributed by atoms with van der Waals surface area (Å²) < 4.78 is 0. The number of halogens is 1. The monoisotopic (exact) mass is 451 g/mol. The quantitative estimate of drug-likeness (QED) is 0.309. The Hall–Kier alpha value is -2.76. The van der Waals surface area contributed by atoms with Crippen molar-refractivity contribution in [3.8, 4) is 0 Å². The third kappa shape index (κ3) is 5.53. The minimum atomic E-state index is 0.647. The number of hydrazine groups is 1. The zero-order chi connectivity index (χ0) is 23.3.